The first-order valence-corrected chi connectivity index (χ1v) is 7.41. The Kier molecular flexibility index (Phi) is 2.32. The predicted molar refractivity (Wildman–Crippen MR) is 70.8 cm³/mol. The molecule has 2 aliphatic rings. The van der Waals surface area contributed by atoms with Crippen LogP contribution in [-0.4, -0.2) is 21.3 Å². The van der Waals surface area contributed by atoms with Gasteiger partial charge in [-0.05, 0) is 36.3 Å². The van der Waals surface area contributed by atoms with Gasteiger partial charge in [0, 0.05) is 24.4 Å². The van der Waals surface area contributed by atoms with Crippen molar-refractivity contribution in [2.24, 2.45) is 7.05 Å². The Hall–Kier alpha value is -1.20. The molecule has 0 bridgehead atoms. The van der Waals surface area contributed by atoms with Gasteiger partial charge in [-0.1, -0.05) is 0 Å². The minimum absolute atomic E-state index is 0.227. The average Bonchev–Trinajstić information content (AvgIpc) is 2.98. The summed E-state index contributed by atoms with van der Waals surface area (Å²) in [6.07, 6.45) is 3.65. The number of thiophene rings is 1. The zero-order valence-corrected chi connectivity index (χ0v) is 11.2. The third-order valence-corrected chi connectivity index (χ3v) is 4.80. The van der Waals surface area contributed by atoms with Gasteiger partial charge in [0.15, 0.2) is 5.82 Å². The normalized spacial score (nSPS) is 23.1. The highest BCUT2D eigenvalue weighted by Crippen LogP contribution is 2.39. The van der Waals surface area contributed by atoms with E-state index in [2.05, 4.69) is 21.9 Å². The Labute approximate surface area is 110 Å². The zero-order valence-electron chi connectivity index (χ0n) is 10.4. The van der Waals surface area contributed by atoms with Gasteiger partial charge in [0.05, 0.1) is 6.04 Å². The summed E-state index contributed by atoms with van der Waals surface area (Å²) >= 11 is 1.86. The second kappa shape index (κ2) is 3.90. The van der Waals surface area contributed by atoms with E-state index in [1.54, 1.807) is 0 Å². The predicted octanol–water partition coefficient (Wildman–Crippen LogP) is 1.99. The van der Waals surface area contributed by atoms with E-state index >= 15 is 0 Å². The van der Waals surface area contributed by atoms with Crippen LogP contribution in [-0.2, 0) is 13.5 Å². The van der Waals surface area contributed by atoms with Crippen LogP contribution in [0.15, 0.2) is 11.4 Å². The van der Waals surface area contributed by atoms with E-state index in [0.29, 0.717) is 5.92 Å². The number of nitrogens with zero attached hydrogens (tertiary/aromatic N) is 3. The third kappa shape index (κ3) is 1.61. The monoisotopic (exact) mass is 260 g/mol. The second-order valence-electron chi connectivity index (χ2n) is 5.16. The van der Waals surface area contributed by atoms with Gasteiger partial charge in [-0.2, -0.15) is 5.10 Å². The van der Waals surface area contributed by atoms with E-state index in [9.17, 15) is 0 Å². The largest absolute Gasteiger partial charge is 0.303 e. The Morgan fingerprint density at radius 3 is 3.17 bits per heavy atom. The molecule has 1 fully saturated rings. The molecule has 0 radical (unpaired) electrons. The van der Waals surface area contributed by atoms with Gasteiger partial charge < -0.3 is 5.32 Å². The molecule has 1 atom stereocenters. The summed E-state index contributed by atoms with van der Waals surface area (Å²) in [6, 6.07) is 2.45. The Morgan fingerprint density at radius 2 is 2.33 bits per heavy atom. The maximum absolute atomic E-state index is 4.77. The zero-order chi connectivity index (χ0) is 12.1. The van der Waals surface area contributed by atoms with Gasteiger partial charge in [0.25, 0.3) is 0 Å². The number of aryl methyl sites for hydroxylation is 1. The summed E-state index contributed by atoms with van der Waals surface area (Å²) in [6.45, 7) is 1.03. The van der Waals surface area contributed by atoms with Crippen LogP contribution in [0.5, 0.6) is 0 Å². The molecular formula is C13H16N4S. The van der Waals surface area contributed by atoms with Crippen molar-refractivity contribution < 1.29 is 0 Å². The van der Waals surface area contributed by atoms with Gasteiger partial charge in [-0.3, -0.25) is 4.68 Å². The first kappa shape index (κ1) is 10.7. The highest BCUT2D eigenvalue weighted by atomic mass is 32.1. The highest BCUT2D eigenvalue weighted by Gasteiger charge is 2.31. The number of rotatable bonds is 2. The van der Waals surface area contributed by atoms with Gasteiger partial charge in [0.2, 0.25) is 0 Å². The summed E-state index contributed by atoms with van der Waals surface area (Å²) in [5.41, 5.74) is 1.39. The molecule has 0 saturated heterocycles. The van der Waals surface area contributed by atoms with Crippen LogP contribution in [0.1, 0.15) is 46.9 Å². The van der Waals surface area contributed by atoms with E-state index in [0.717, 1.165) is 24.6 Å². The summed E-state index contributed by atoms with van der Waals surface area (Å²) in [4.78, 5) is 6.26. The summed E-state index contributed by atoms with van der Waals surface area (Å²) in [5.74, 6) is 2.73. The minimum atomic E-state index is 0.227. The quantitative estimate of drug-likeness (QED) is 0.898. The molecular weight excluding hydrogens is 244 g/mol. The Morgan fingerprint density at radius 1 is 1.44 bits per heavy atom. The van der Waals surface area contributed by atoms with Crippen LogP contribution in [0.4, 0.5) is 0 Å². The van der Waals surface area contributed by atoms with Gasteiger partial charge in [0.1, 0.15) is 5.82 Å². The fourth-order valence-corrected chi connectivity index (χ4v) is 3.58. The molecule has 94 valence electrons. The molecule has 4 rings (SSSR count). The lowest BCUT2D eigenvalue weighted by Gasteiger charge is -2.23. The molecule has 0 amide bonds. The summed E-state index contributed by atoms with van der Waals surface area (Å²) < 4.78 is 1.96. The number of fused-ring (bicyclic) bond motifs is 1. The van der Waals surface area contributed by atoms with Crippen molar-refractivity contribution in [3.8, 4) is 0 Å². The third-order valence-electron chi connectivity index (χ3n) is 3.81. The molecule has 0 aromatic carbocycles. The molecule has 18 heavy (non-hydrogen) atoms. The number of hydrogen-bond acceptors (Lipinski definition) is 4. The Bertz CT molecular complexity index is 582. The number of aromatic nitrogens is 3. The molecule has 3 heterocycles. The highest BCUT2D eigenvalue weighted by molar-refractivity contribution is 7.10. The lowest BCUT2D eigenvalue weighted by atomic mass is 10.0. The molecule has 2 aromatic heterocycles. The van der Waals surface area contributed by atoms with Crippen LogP contribution >= 0.6 is 11.3 Å². The van der Waals surface area contributed by atoms with Crippen LogP contribution in [0.2, 0.25) is 0 Å². The van der Waals surface area contributed by atoms with Crippen LogP contribution < -0.4 is 5.32 Å². The van der Waals surface area contributed by atoms with E-state index in [1.807, 2.05) is 23.1 Å². The molecule has 1 aliphatic carbocycles. The van der Waals surface area contributed by atoms with Crippen LogP contribution in [0, 0.1) is 0 Å². The van der Waals surface area contributed by atoms with Gasteiger partial charge >= 0.3 is 0 Å². The fraction of sp³-hybridized carbons (Fsp3) is 0.538. The van der Waals surface area contributed by atoms with Crippen molar-refractivity contribution in [2.75, 3.05) is 6.54 Å². The standard InChI is InChI=1S/C13H16N4S/c1-17-13(15-12(16-17)8-2-3-8)11-9-5-7-18-10(9)4-6-14-11/h5,7-8,11,14H,2-4,6H2,1H3. The lowest BCUT2D eigenvalue weighted by molar-refractivity contribution is 0.523. The minimum Gasteiger partial charge on any atom is -0.303 e. The van der Waals surface area contributed by atoms with Crippen molar-refractivity contribution in [3.63, 3.8) is 0 Å². The molecule has 1 unspecified atom stereocenters. The SMILES string of the molecule is Cn1nc(C2CC2)nc1C1NCCc2sccc21. The molecule has 0 spiro atoms. The van der Waals surface area contributed by atoms with E-state index in [1.165, 1.54) is 23.3 Å². The molecule has 1 aliphatic heterocycles. The van der Waals surface area contributed by atoms with E-state index < -0.39 is 0 Å². The summed E-state index contributed by atoms with van der Waals surface area (Å²) in [5, 5.41) is 10.3. The number of nitrogens with one attached hydrogen (secondary N) is 1. The van der Waals surface area contributed by atoms with Crippen molar-refractivity contribution in [2.45, 2.75) is 31.2 Å². The maximum atomic E-state index is 4.77. The fourth-order valence-electron chi connectivity index (χ4n) is 2.66. The van der Waals surface area contributed by atoms with Crippen molar-refractivity contribution >= 4 is 11.3 Å². The van der Waals surface area contributed by atoms with E-state index in [4.69, 9.17) is 4.98 Å². The molecule has 1 N–H and O–H groups in total. The van der Waals surface area contributed by atoms with Crippen LogP contribution in [0.25, 0.3) is 0 Å². The molecule has 2 aromatic rings. The van der Waals surface area contributed by atoms with Crippen LogP contribution in [0.3, 0.4) is 0 Å². The lowest BCUT2D eigenvalue weighted by Crippen LogP contribution is -2.31. The topological polar surface area (TPSA) is 42.7 Å². The van der Waals surface area contributed by atoms with E-state index in [-0.39, 0.29) is 6.04 Å². The molecule has 4 nitrogen and oxygen atoms in total. The average molecular weight is 260 g/mol. The summed E-state index contributed by atoms with van der Waals surface area (Å²) in [7, 11) is 2.01. The van der Waals surface area contributed by atoms with Gasteiger partial charge in [-0.25, -0.2) is 4.98 Å². The second-order valence-corrected chi connectivity index (χ2v) is 6.16. The maximum Gasteiger partial charge on any atom is 0.154 e. The molecule has 5 heteroatoms. The van der Waals surface area contributed by atoms with Gasteiger partial charge in [-0.15, -0.1) is 11.3 Å². The first-order valence-electron chi connectivity index (χ1n) is 6.53. The van der Waals surface area contributed by atoms with Crippen molar-refractivity contribution in [1.82, 2.24) is 20.1 Å². The number of hydrogen-bond donors (Lipinski definition) is 1. The van der Waals surface area contributed by atoms with Crippen molar-refractivity contribution in [1.29, 1.82) is 0 Å². The molecule has 1 saturated carbocycles. The first-order chi connectivity index (χ1) is 8.83. The van der Waals surface area contributed by atoms with Crippen molar-refractivity contribution in [3.05, 3.63) is 33.5 Å². The smallest absolute Gasteiger partial charge is 0.154 e. The Balaban J connectivity index is 1.75.